The van der Waals surface area contributed by atoms with Crippen LogP contribution in [0.4, 0.5) is 0 Å². The smallest absolute Gasteiger partial charge is 0.274 e. The van der Waals surface area contributed by atoms with Crippen LogP contribution in [0.1, 0.15) is 22.8 Å². The molecule has 0 unspecified atom stereocenters. The van der Waals surface area contributed by atoms with Gasteiger partial charge in [0.05, 0.1) is 12.2 Å². The van der Waals surface area contributed by atoms with Gasteiger partial charge >= 0.3 is 0 Å². The van der Waals surface area contributed by atoms with Crippen LogP contribution in [0.25, 0.3) is 0 Å². The van der Waals surface area contributed by atoms with Crippen LogP contribution < -0.4 is 5.48 Å². The van der Waals surface area contributed by atoms with Crippen molar-refractivity contribution in [3.63, 3.8) is 0 Å². The summed E-state index contributed by atoms with van der Waals surface area (Å²) in [5, 5.41) is 0. The summed E-state index contributed by atoms with van der Waals surface area (Å²) in [5.74, 6) is -0.225. The zero-order valence-corrected chi connectivity index (χ0v) is 9.72. The number of amides is 1. The fourth-order valence-electron chi connectivity index (χ4n) is 1.11. The SMILES string of the molecule is CCONC(=O)c1c(C)cccc1Br. The average Bonchev–Trinajstić information content (AvgIpc) is 2.14. The Labute approximate surface area is 91.5 Å². The summed E-state index contributed by atoms with van der Waals surface area (Å²) in [7, 11) is 0. The first-order chi connectivity index (χ1) is 6.66. The van der Waals surface area contributed by atoms with E-state index in [2.05, 4.69) is 21.4 Å². The van der Waals surface area contributed by atoms with Gasteiger partial charge in [0.1, 0.15) is 0 Å². The molecule has 0 fully saturated rings. The number of hydrogen-bond acceptors (Lipinski definition) is 2. The number of aryl methyl sites for hydroxylation is 1. The molecule has 1 aromatic rings. The van der Waals surface area contributed by atoms with Crippen molar-refractivity contribution in [1.29, 1.82) is 0 Å². The molecular weight excluding hydrogens is 246 g/mol. The van der Waals surface area contributed by atoms with Crippen LogP contribution in [0.5, 0.6) is 0 Å². The van der Waals surface area contributed by atoms with E-state index in [4.69, 9.17) is 4.84 Å². The van der Waals surface area contributed by atoms with Gasteiger partial charge in [0, 0.05) is 4.47 Å². The molecule has 1 aromatic carbocycles. The molecule has 1 amide bonds. The molecule has 3 nitrogen and oxygen atoms in total. The minimum Gasteiger partial charge on any atom is -0.274 e. The van der Waals surface area contributed by atoms with E-state index in [0.717, 1.165) is 10.0 Å². The van der Waals surface area contributed by atoms with Crippen molar-refractivity contribution in [3.8, 4) is 0 Å². The Morgan fingerprint density at radius 2 is 2.29 bits per heavy atom. The van der Waals surface area contributed by atoms with Gasteiger partial charge in [0.15, 0.2) is 0 Å². The van der Waals surface area contributed by atoms with Gasteiger partial charge in [0.2, 0.25) is 0 Å². The third-order valence-electron chi connectivity index (χ3n) is 1.76. The van der Waals surface area contributed by atoms with Crippen molar-refractivity contribution in [2.45, 2.75) is 13.8 Å². The van der Waals surface area contributed by atoms with E-state index in [9.17, 15) is 4.79 Å². The predicted molar refractivity (Wildman–Crippen MR) is 58.0 cm³/mol. The molecule has 0 heterocycles. The number of carbonyl (C=O) groups excluding carboxylic acids is 1. The van der Waals surface area contributed by atoms with Crippen LogP contribution >= 0.6 is 15.9 Å². The molecule has 0 radical (unpaired) electrons. The molecule has 4 heteroatoms. The molecule has 0 aliphatic rings. The molecule has 0 saturated carbocycles. The quantitative estimate of drug-likeness (QED) is 0.845. The van der Waals surface area contributed by atoms with Crippen LogP contribution in [-0.2, 0) is 4.84 Å². The van der Waals surface area contributed by atoms with E-state index in [1.165, 1.54) is 0 Å². The Hall–Kier alpha value is -0.870. The van der Waals surface area contributed by atoms with Gasteiger partial charge in [-0.2, -0.15) is 0 Å². The zero-order valence-electron chi connectivity index (χ0n) is 8.13. The highest BCUT2D eigenvalue weighted by Crippen LogP contribution is 2.19. The molecule has 76 valence electrons. The summed E-state index contributed by atoms with van der Waals surface area (Å²) in [5.41, 5.74) is 3.89. The van der Waals surface area contributed by atoms with Crippen molar-refractivity contribution >= 4 is 21.8 Å². The Bertz CT molecular complexity index is 319. The maximum atomic E-state index is 11.6. The maximum Gasteiger partial charge on any atom is 0.276 e. The number of benzene rings is 1. The summed E-state index contributed by atoms with van der Waals surface area (Å²) in [4.78, 5) is 16.4. The first-order valence-electron chi connectivity index (χ1n) is 4.34. The first kappa shape index (κ1) is 11.2. The molecule has 0 saturated heterocycles. The lowest BCUT2D eigenvalue weighted by Gasteiger charge is -2.08. The molecule has 0 bridgehead atoms. The summed E-state index contributed by atoms with van der Waals surface area (Å²) >= 11 is 3.32. The van der Waals surface area contributed by atoms with E-state index in [1.54, 1.807) is 0 Å². The second-order valence-corrected chi connectivity index (χ2v) is 3.65. The van der Waals surface area contributed by atoms with Gasteiger partial charge in [-0.15, -0.1) is 0 Å². The average molecular weight is 258 g/mol. The van der Waals surface area contributed by atoms with E-state index < -0.39 is 0 Å². The standard InChI is InChI=1S/C10H12BrNO2/c1-3-14-12-10(13)9-7(2)5-4-6-8(9)11/h4-6H,3H2,1-2H3,(H,12,13). The lowest BCUT2D eigenvalue weighted by atomic mass is 10.1. The third kappa shape index (κ3) is 2.56. The van der Waals surface area contributed by atoms with E-state index in [1.807, 2.05) is 32.0 Å². The molecule has 0 atom stereocenters. The molecule has 0 aromatic heterocycles. The Kier molecular flexibility index (Phi) is 4.10. The van der Waals surface area contributed by atoms with Crippen molar-refractivity contribution in [2.75, 3.05) is 6.61 Å². The summed E-state index contributed by atoms with van der Waals surface area (Å²) in [6.07, 6.45) is 0. The van der Waals surface area contributed by atoms with E-state index >= 15 is 0 Å². The van der Waals surface area contributed by atoms with Gasteiger partial charge in [-0.1, -0.05) is 12.1 Å². The molecule has 0 aliphatic carbocycles. The largest absolute Gasteiger partial charge is 0.276 e. The lowest BCUT2D eigenvalue weighted by Crippen LogP contribution is -2.24. The number of halogens is 1. The van der Waals surface area contributed by atoms with Crippen LogP contribution in [0, 0.1) is 6.92 Å². The normalized spacial score (nSPS) is 9.93. The highest BCUT2D eigenvalue weighted by molar-refractivity contribution is 9.10. The van der Waals surface area contributed by atoms with Crippen LogP contribution in [0.3, 0.4) is 0 Å². The third-order valence-corrected chi connectivity index (χ3v) is 2.42. The maximum absolute atomic E-state index is 11.6. The van der Waals surface area contributed by atoms with Gasteiger partial charge in [-0.25, -0.2) is 5.48 Å². The Balaban J connectivity index is 2.89. The second kappa shape index (κ2) is 5.12. The highest BCUT2D eigenvalue weighted by Gasteiger charge is 2.11. The number of hydrogen-bond donors (Lipinski definition) is 1. The monoisotopic (exact) mass is 257 g/mol. The minimum atomic E-state index is -0.225. The minimum absolute atomic E-state index is 0.225. The topological polar surface area (TPSA) is 38.3 Å². The fourth-order valence-corrected chi connectivity index (χ4v) is 1.75. The molecule has 1 rings (SSSR count). The molecule has 0 aliphatic heterocycles. The van der Waals surface area contributed by atoms with Gasteiger partial charge in [-0.05, 0) is 41.4 Å². The van der Waals surface area contributed by atoms with Crippen LogP contribution in [0.15, 0.2) is 22.7 Å². The van der Waals surface area contributed by atoms with Gasteiger partial charge in [-0.3, -0.25) is 9.63 Å². The molecular formula is C10H12BrNO2. The molecule has 14 heavy (non-hydrogen) atoms. The summed E-state index contributed by atoms with van der Waals surface area (Å²) < 4.78 is 0.773. The van der Waals surface area contributed by atoms with Crippen molar-refractivity contribution < 1.29 is 9.63 Å². The van der Waals surface area contributed by atoms with E-state index in [-0.39, 0.29) is 5.91 Å². The first-order valence-corrected chi connectivity index (χ1v) is 5.13. The Morgan fingerprint density at radius 1 is 1.57 bits per heavy atom. The molecule has 1 N–H and O–H groups in total. The number of nitrogens with one attached hydrogen (secondary N) is 1. The summed E-state index contributed by atoms with van der Waals surface area (Å²) in [6.45, 7) is 4.15. The number of hydroxylamine groups is 1. The zero-order chi connectivity index (χ0) is 10.6. The van der Waals surface area contributed by atoms with Crippen LogP contribution in [0.2, 0.25) is 0 Å². The van der Waals surface area contributed by atoms with Crippen molar-refractivity contribution in [1.82, 2.24) is 5.48 Å². The van der Waals surface area contributed by atoms with Crippen molar-refractivity contribution in [3.05, 3.63) is 33.8 Å². The van der Waals surface area contributed by atoms with Gasteiger partial charge < -0.3 is 0 Å². The summed E-state index contributed by atoms with van der Waals surface area (Å²) in [6, 6.07) is 5.59. The molecule has 0 spiro atoms. The number of rotatable bonds is 3. The second-order valence-electron chi connectivity index (χ2n) is 2.80. The Morgan fingerprint density at radius 3 is 2.86 bits per heavy atom. The van der Waals surface area contributed by atoms with Crippen molar-refractivity contribution in [2.24, 2.45) is 0 Å². The van der Waals surface area contributed by atoms with Gasteiger partial charge in [0.25, 0.3) is 5.91 Å². The predicted octanol–water partition coefficient (Wildman–Crippen LogP) is 2.44. The van der Waals surface area contributed by atoms with E-state index in [0.29, 0.717) is 12.2 Å². The lowest BCUT2D eigenvalue weighted by molar-refractivity contribution is 0.0363. The highest BCUT2D eigenvalue weighted by atomic mass is 79.9. The van der Waals surface area contributed by atoms with Crippen LogP contribution in [-0.4, -0.2) is 12.5 Å². The number of carbonyl (C=O) groups is 1. The fraction of sp³-hybridized carbons (Fsp3) is 0.300.